The molecular weight excluding hydrogens is 320 g/mol. The van der Waals surface area contributed by atoms with Crippen molar-refractivity contribution in [1.29, 1.82) is 0 Å². The lowest BCUT2D eigenvalue weighted by Gasteiger charge is -2.08. The monoisotopic (exact) mass is 338 g/mol. The van der Waals surface area contributed by atoms with Crippen molar-refractivity contribution in [3.8, 4) is 11.6 Å². The number of rotatable bonds is 4. The number of nitrogens with one attached hydrogen (secondary N) is 1. The number of benzene rings is 2. The highest BCUT2D eigenvalue weighted by molar-refractivity contribution is 5.69. The summed E-state index contributed by atoms with van der Waals surface area (Å²) in [6.07, 6.45) is 1.46. The minimum absolute atomic E-state index is 0.466. The highest BCUT2D eigenvalue weighted by Gasteiger charge is 2.02. The number of aromatic nitrogens is 2. The van der Waals surface area contributed by atoms with E-state index in [1.54, 1.807) is 30.3 Å². The molecule has 25 heavy (non-hydrogen) atoms. The van der Waals surface area contributed by atoms with Gasteiger partial charge in [0.05, 0.1) is 0 Å². The van der Waals surface area contributed by atoms with E-state index in [2.05, 4.69) is 26.8 Å². The molecule has 0 atom stereocenters. The third-order valence-electron chi connectivity index (χ3n) is 2.79. The first kappa shape index (κ1) is 17.5. The summed E-state index contributed by atoms with van der Waals surface area (Å²) >= 11 is 0. The van der Waals surface area contributed by atoms with Gasteiger partial charge in [0.15, 0.2) is 0 Å². The van der Waals surface area contributed by atoms with Gasteiger partial charge in [0, 0.05) is 17.4 Å². The van der Waals surface area contributed by atoms with Crippen molar-refractivity contribution < 1.29 is 9.53 Å². The van der Waals surface area contributed by atoms with Crippen LogP contribution in [0.3, 0.4) is 0 Å². The quantitative estimate of drug-likeness (QED) is 0.539. The fourth-order valence-electron chi connectivity index (χ4n) is 1.79. The normalized spacial score (nSPS) is 9.44. The first-order valence-electron chi connectivity index (χ1n) is 7.25. The first-order chi connectivity index (χ1) is 12.0. The summed E-state index contributed by atoms with van der Waals surface area (Å²) in [6, 6.07) is 17.8. The Kier molecular flexibility index (Phi) is 6.12. The van der Waals surface area contributed by atoms with E-state index in [0.29, 0.717) is 23.1 Å². The molecule has 0 fully saturated rings. The van der Waals surface area contributed by atoms with Crippen LogP contribution in [0.25, 0.3) is 0 Å². The molecule has 0 bridgehead atoms. The molecule has 0 aliphatic rings. The zero-order valence-electron chi connectivity index (χ0n) is 13.3. The number of carbonyl (C=O) groups excluding carboxylic acids is 1. The fourth-order valence-corrected chi connectivity index (χ4v) is 1.79. The van der Waals surface area contributed by atoms with Crippen molar-refractivity contribution in [2.24, 2.45) is 11.5 Å². The number of hydrogen-bond acceptors (Lipinski definition) is 6. The summed E-state index contributed by atoms with van der Waals surface area (Å²) in [7, 11) is 0. The zero-order chi connectivity index (χ0) is 18.1. The Morgan fingerprint density at radius 3 is 2.24 bits per heavy atom. The van der Waals surface area contributed by atoms with E-state index >= 15 is 0 Å². The van der Waals surface area contributed by atoms with E-state index in [1.165, 1.54) is 6.33 Å². The minimum atomic E-state index is -0.833. The van der Waals surface area contributed by atoms with Crippen molar-refractivity contribution in [2.75, 3.05) is 11.1 Å². The molecule has 8 nitrogen and oxygen atoms in total. The molecule has 3 aromatic rings. The molecule has 2 aromatic carbocycles. The standard InChI is InChI=1S/C16H14N4O.CH4N2O/c17-12-6-8-14(9-7-12)21-16-10-15(18-11-19-16)20-13-4-2-1-3-5-13;2-1(3)4/h1-11H,17H2,(H,18,19,20);(H4,2,3,4). The number of ether oxygens (including phenoxy) is 1. The van der Waals surface area contributed by atoms with Crippen LogP contribution in [-0.2, 0) is 0 Å². The molecule has 2 amide bonds. The number of primary amides is 2. The van der Waals surface area contributed by atoms with Crippen LogP contribution in [0.1, 0.15) is 0 Å². The van der Waals surface area contributed by atoms with Crippen LogP contribution in [-0.4, -0.2) is 16.0 Å². The maximum atomic E-state index is 9.00. The zero-order valence-corrected chi connectivity index (χ0v) is 13.3. The van der Waals surface area contributed by atoms with Crippen molar-refractivity contribution in [1.82, 2.24) is 9.97 Å². The lowest BCUT2D eigenvalue weighted by molar-refractivity contribution is 0.256. The molecule has 128 valence electrons. The second-order valence-electron chi connectivity index (χ2n) is 4.81. The molecule has 3 rings (SSSR count). The van der Waals surface area contributed by atoms with Gasteiger partial charge in [-0.1, -0.05) is 18.2 Å². The number of carbonyl (C=O) groups is 1. The summed E-state index contributed by atoms with van der Waals surface area (Å²) in [6.45, 7) is 0. The van der Waals surface area contributed by atoms with Gasteiger partial charge < -0.3 is 27.3 Å². The van der Waals surface area contributed by atoms with E-state index in [4.69, 9.17) is 15.3 Å². The Bertz CT molecular complexity index is 805. The smallest absolute Gasteiger partial charge is 0.309 e. The molecule has 1 aromatic heterocycles. The van der Waals surface area contributed by atoms with Gasteiger partial charge in [0.25, 0.3) is 0 Å². The maximum Gasteiger partial charge on any atom is 0.309 e. The molecule has 0 aliphatic carbocycles. The third kappa shape index (κ3) is 6.45. The third-order valence-corrected chi connectivity index (χ3v) is 2.79. The number of hydrogen-bond donors (Lipinski definition) is 4. The van der Waals surface area contributed by atoms with Gasteiger partial charge in [-0.05, 0) is 36.4 Å². The summed E-state index contributed by atoms with van der Waals surface area (Å²) in [5, 5.41) is 3.19. The van der Waals surface area contributed by atoms with Gasteiger partial charge in [0.2, 0.25) is 5.88 Å². The highest BCUT2D eigenvalue weighted by atomic mass is 16.5. The number of nitrogens with zero attached hydrogens (tertiary/aromatic N) is 2. The van der Waals surface area contributed by atoms with Crippen LogP contribution in [0, 0.1) is 0 Å². The average Bonchev–Trinajstić information content (AvgIpc) is 2.58. The predicted octanol–water partition coefficient (Wildman–Crippen LogP) is 2.62. The predicted molar refractivity (Wildman–Crippen MR) is 96.5 cm³/mol. The Labute approximate surface area is 144 Å². The van der Waals surface area contributed by atoms with E-state index in [1.807, 2.05) is 30.3 Å². The van der Waals surface area contributed by atoms with Crippen molar-refractivity contribution >= 4 is 23.2 Å². The van der Waals surface area contributed by atoms with Gasteiger partial charge in [-0.2, -0.15) is 0 Å². The van der Waals surface area contributed by atoms with Crippen LogP contribution in [0.15, 0.2) is 67.0 Å². The topological polar surface area (TPSA) is 142 Å². The molecule has 0 saturated heterocycles. The minimum Gasteiger partial charge on any atom is -0.439 e. The largest absolute Gasteiger partial charge is 0.439 e. The molecule has 0 radical (unpaired) electrons. The number of para-hydroxylation sites is 1. The van der Waals surface area contributed by atoms with Crippen LogP contribution < -0.4 is 27.3 Å². The first-order valence-corrected chi connectivity index (χ1v) is 7.25. The lowest BCUT2D eigenvalue weighted by atomic mass is 10.3. The van der Waals surface area contributed by atoms with Gasteiger partial charge in [-0.3, -0.25) is 0 Å². The molecule has 1 heterocycles. The Morgan fingerprint density at radius 1 is 0.960 bits per heavy atom. The van der Waals surface area contributed by atoms with Gasteiger partial charge in [0.1, 0.15) is 17.9 Å². The molecule has 0 saturated carbocycles. The molecule has 0 unspecified atom stereocenters. The fraction of sp³-hybridized carbons (Fsp3) is 0. The highest BCUT2D eigenvalue weighted by Crippen LogP contribution is 2.22. The van der Waals surface area contributed by atoms with Crippen molar-refractivity contribution in [3.63, 3.8) is 0 Å². The van der Waals surface area contributed by atoms with Gasteiger partial charge in [-0.25, -0.2) is 14.8 Å². The van der Waals surface area contributed by atoms with Gasteiger partial charge in [-0.15, -0.1) is 0 Å². The van der Waals surface area contributed by atoms with Gasteiger partial charge >= 0.3 is 6.03 Å². The van der Waals surface area contributed by atoms with Crippen LogP contribution in [0.4, 0.5) is 22.0 Å². The van der Waals surface area contributed by atoms with Crippen LogP contribution in [0.5, 0.6) is 11.6 Å². The Morgan fingerprint density at radius 2 is 1.60 bits per heavy atom. The maximum absolute atomic E-state index is 9.00. The number of anilines is 3. The van der Waals surface area contributed by atoms with E-state index in [0.717, 1.165) is 5.69 Å². The van der Waals surface area contributed by atoms with E-state index in [9.17, 15) is 0 Å². The SMILES string of the molecule is NC(N)=O.Nc1ccc(Oc2cc(Nc3ccccc3)ncn2)cc1. The molecule has 7 N–H and O–H groups in total. The number of nitrogens with two attached hydrogens (primary N) is 3. The summed E-state index contributed by atoms with van der Waals surface area (Å²) in [5.74, 6) is 1.81. The molecule has 0 aliphatic heterocycles. The van der Waals surface area contributed by atoms with Crippen LogP contribution >= 0.6 is 0 Å². The average molecular weight is 338 g/mol. The lowest BCUT2D eigenvalue weighted by Crippen LogP contribution is -2.18. The van der Waals surface area contributed by atoms with Crippen molar-refractivity contribution in [3.05, 3.63) is 67.0 Å². The Balaban J connectivity index is 0.000000511. The Hall–Kier alpha value is -3.81. The van der Waals surface area contributed by atoms with Crippen molar-refractivity contribution in [2.45, 2.75) is 0 Å². The second-order valence-corrected chi connectivity index (χ2v) is 4.81. The molecule has 0 spiro atoms. The number of nitrogen functional groups attached to an aromatic ring is 1. The summed E-state index contributed by atoms with van der Waals surface area (Å²) < 4.78 is 5.67. The molecule has 8 heteroatoms. The number of urea groups is 1. The summed E-state index contributed by atoms with van der Waals surface area (Å²) in [4.78, 5) is 17.3. The van der Waals surface area contributed by atoms with E-state index in [-0.39, 0.29) is 0 Å². The van der Waals surface area contributed by atoms with Crippen LogP contribution in [0.2, 0.25) is 0 Å². The molecular formula is C17H18N6O2. The second kappa shape index (κ2) is 8.73. The summed E-state index contributed by atoms with van der Waals surface area (Å²) in [5.41, 5.74) is 15.8. The van der Waals surface area contributed by atoms with E-state index < -0.39 is 6.03 Å². The number of amides is 2.